The molecule has 3 rings (SSSR count). The van der Waals surface area contributed by atoms with Crippen molar-refractivity contribution in [3.8, 4) is 0 Å². The molecule has 2 aliphatic heterocycles. The monoisotopic (exact) mass is 426 g/mol. The lowest BCUT2D eigenvalue weighted by Gasteiger charge is -2.40. The van der Waals surface area contributed by atoms with Gasteiger partial charge in [-0.1, -0.05) is 44.0 Å². The SMILES string of the molecule is CC(C)(C)C(=O)N1CCCC(C(=O)N2CCN(c3ncc(Cl)cc3Cl)CC2)C1. The van der Waals surface area contributed by atoms with Crippen molar-refractivity contribution in [1.82, 2.24) is 14.8 Å². The Morgan fingerprint density at radius 2 is 1.75 bits per heavy atom. The molecule has 0 N–H and O–H groups in total. The zero-order valence-corrected chi connectivity index (χ0v) is 18.3. The van der Waals surface area contributed by atoms with Gasteiger partial charge >= 0.3 is 0 Å². The minimum atomic E-state index is -0.415. The number of likely N-dealkylation sites (tertiary alicyclic amines) is 1. The molecule has 28 heavy (non-hydrogen) atoms. The average Bonchev–Trinajstić information content (AvgIpc) is 2.66. The van der Waals surface area contributed by atoms with E-state index in [1.54, 1.807) is 12.3 Å². The highest BCUT2D eigenvalue weighted by atomic mass is 35.5. The quantitative estimate of drug-likeness (QED) is 0.727. The molecule has 1 aromatic rings. The van der Waals surface area contributed by atoms with Crippen LogP contribution in [0.25, 0.3) is 0 Å². The topological polar surface area (TPSA) is 56.8 Å². The van der Waals surface area contributed by atoms with E-state index in [1.807, 2.05) is 30.6 Å². The molecular formula is C20H28Cl2N4O2. The second-order valence-electron chi connectivity index (χ2n) is 8.61. The number of rotatable bonds is 2. The standard InChI is InChI=1S/C20H28Cl2N4O2/c1-20(2,3)19(28)26-6-4-5-14(13-26)18(27)25-9-7-24(8-10-25)17-16(22)11-15(21)12-23-17/h11-12,14H,4-10,13H2,1-3H3. The number of hydrogen-bond acceptors (Lipinski definition) is 4. The number of hydrogen-bond donors (Lipinski definition) is 0. The maximum absolute atomic E-state index is 13.0. The second kappa shape index (κ2) is 8.46. The molecule has 0 saturated carbocycles. The first-order valence-corrected chi connectivity index (χ1v) is 10.6. The Bertz CT molecular complexity index is 742. The Hall–Kier alpha value is -1.53. The van der Waals surface area contributed by atoms with Crippen LogP contribution in [0.2, 0.25) is 10.0 Å². The van der Waals surface area contributed by atoms with Gasteiger partial charge in [-0.15, -0.1) is 0 Å². The number of piperazine rings is 1. The predicted octanol–water partition coefficient (Wildman–Crippen LogP) is 3.32. The summed E-state index contributed by atoms with van der Waals surface area (Å²) in [4.78, 5) is 35.8. The number of anilines is 1. The van der Waals surface area contributed by atoms with Gasteiger partial charge < -0.3 is 14.7 Å². The van der Waals surface area contributed by atoms with Gasteiger partial charge in [0.05, 0.1) is 16.0 Å². The fourth-order valence-corrected chi connectivity index (χ4v) is 4.37. The summed E-state index contributed by atoms with van der Waals surface area (Å²) >= 11 is 12.2. The van der Waals surface area contributed by atoms with Gasteiger partial charge in [-0.3, -0.25) is 9.59 Å². The molecule has 1 atom stereocenters. The van der Waals surface area contributed by atoms with Crippen molar-refractivity contribution in [2.75, 3.05) is 44.2 Å². The summed E-state index contributed by atoms with van der Waals surface area (Å²) in [5.41, 5.74) is -0.415. The highest BCUT2D eigenvalue weighted by Gasteiger charge is 2.35. The predicted molar refractivity (Wildman–Crippen MR) is 112 cm³/mol. The molecule has 0 aliphatic carbocycles. The number of carbonyl (C=O) groups is 2. The summed E-state index contributed by atoms with van der Waals surface area (Å²) in [5.74, 6) is 0.876. The van der Waals surface area contributed by atoms with E-state index in [0.29, 0.717) is 48.6 Å². The normalized spacial score (nSPS) is 21.0. The number of nitrogens with zero attached hydrogens (tertiary/aromatic N) is 4. The van der Waals surface area contributed by atoms with Crippen molar-refractivity contribution in [2.45, 2.75) is 33.6 Å². The largest absolute Gasteiger partial charge is 0.352 e. The van der Waals surface area contributed by atoms with Crippen LogP contribution in [-0.4, -0.2) is 65.9 Å². The van der Waals surface area contributed by atoms with Gasteiger partial charge in [-0.2, -0.15) is 0 Å². The van der Waals surface area contributed by atoms with Gasteiger partial charge in [0.1, 0.15) is 5.82 Å². The van der Waals surface area contributed by atoms with Crippen molar-refractivity contribution in [2.24, 2.45) is 11.3 Å². The van der Waals surface area contributed by atoms with Gasteiger partial charge in [-0.05, 0) is 18.9 Å². The highest BCUT2D eigenvalue weighted by Crippen LogP contribution is 2.28. The number of pyridine rings is 1. The lowest BCUT2D eigenvalue weighted by atomic mass is 9.90. The Morgan fingerprint density at radius 1 is 1.07 bits per heavy atom. The van der Waals surface area contributed by atoms with Gasteiger partial charge in [0.25, 0.3) is 0 Å². The van der Waals surface area contributed by atoms with Crippen LogP contribution in [0, 0.1) is 11.3 Å². The molecule has 3 heterocycles. The summed E-state index contributed by atoms with van der Waals surface area (Å²) in [7, 11) is 0. The van der Waals surface area contributed by atoms with Crippen molar-refractivity contribution in [3.05, 3.63) is 22.3 Å². The maximum atomic E-state index is 13.0. The van der Waals surface area contributed by atoms with Crippen molar-refractivity contribution >= 4 is 40.8 Å². The molecule has 2 aliphatic rings. The molecular weight excluding hydrogens is 399 g/mol. The summed E-state index contributed by atoms with van der Waals surface area (Å²) in [6.45, 7) is 9.66. The lowest BCUT2D eigenvalue weighted by molar-refractivity contribution is -0.145. The van der Waals surface area contributed by atoms with Gasteiger partial charge in [0.15, 0.2) is 0 Å². The van der Waals surface area contributed by atoms with Crippen LogP contribution in [0.1, 0.15) is 33.6 Å². The van der Waals surface area contributed by atoms with Crippen LogP contribution in [0.15, 0.2) is 12.3 Å². The second-order valence-corrected chi connectivity index (χ2v) is 9.46. The van der Waals surface area contributed by atoms with Crippen LogP contribution >= 0.6 is 23.2 Å². The first-order chi connectivity index (χ1) is 13.2. The van der Waals surface area contributed by atoms with E-state index >= 15 is 0 Å². The van der Waals surface area contributed by atoms with E-state index in [2.05, 4.69) is 9.88 Å². The third kappa shape index (κ3) is 4.71. The van der Waals surface area contributed by atoms with Crippen LogP contribution < -0.4 is 4.90 Å². The molecule has 2 fully saturated rings. The minimum Gasteiger partial charge on any atom is -0.352 e. The molecule has 0 bridgehead atoms. The van der Waals surface area contributed by atoms with Gasteiger partial charge in [-0.25, -0.2) is 4.98 Å². The van der Waals surface area contributed by atoms with E-state index in [4.69, 9.17) is 23.2 Å². The molecule has 2 amide bonds. The number of carbonyl (C=O) groups excluding carboxylic acids is 2. The number of piperidine rings is 1. The highest BCUT2D eigenvalue weighted by molar-refractivity contribution is 6.36. The molecule has 1 unspecified atom stereocenters. The first-order valence-electron chi connectivity index (χ1n) is 9.81. The van der Waals surface area contributed by atoms with E-state index in [0.717, 1.165) is 19.4 Å². The Kier molecular flexibility index (Phi) is 6.40. The summed E-state index contributed by atoms with van der Waals surface area (Å²) in [6.07, 6.45) is 3.31. The molecule has 154 valence electrons. The maximum Gasteiger partial charge on any atom is 0.227 e. The molecule has 8 heteroatoms. The Labute approximate surface area is 176 Å². The fraction of sp³-hybridized carbons (Fsp3) is 0.650. The number of aromatic nitrogens is 1. The van der Waals surface area contributed by atoms with Gasteiger partial charge in [0, 0.05) is 50.9 Å². The summed E-state index contributed by atoms with van der Waals surface area (Å²) in [6, 6.07) is 1.69. The van der Waals surface area contributed by atoms with Crippen LogP contribution in [0.5, 0.6) is 0 Å². The van der Waals surface area contributed by atoms with Crippen LogP contribution in [0.3, 0.4) is 0 Å². The third-order valence-electron chi connectivity index (χ3n) is 5.38. The minimum absolute atomic E-state index is 0.108. The molecule has 0 aromatic carbocycles. The average molecular weight is 427 g/mol. The van der Waals surface area contributed by atoms with E-state index in [1.165, 1.54) is 0 Å². The van der Waals surface area contributed by atoms with Crippen molar-refractivity contribution < 1.29 is 9.59 Å². The third-order valence-corrected chi connectivity index (χ3v) is 5.86. The van der Waals surface area contributed by atoms with Crippen molar-refractivity contribution in [3.63, 3.8) is 0 Å². The first kappa shape index (κ1) is 21.2. The Morgan fingerprint density at radius 3 is 2.36 bits per heavy atom. The molecule has 2 saturated heterocycles. The number of amides is 2. The molecule has 6 nitrogen and oxygen atoms in total. The molecule has 0 radical (unpaired) electrons. The van der Waals surface area contributed by atoms with Crippen LogP contribution in [0.4, 0.5) is 5.82 Å². The van der Waals surface area contributed by atoms with E-state index < -0.39 is 5.41 Å². The van der Waals surface area contributed by atoms with E-state index in [-0.39, 0.29) is 17.7 Å². The van der Waals surface area contributed by atoms with E-state index in [9.17, 15) is 9.59 Å². The van der Waals surface area contributed by atoms with Crippen LogP contribution in [-0.2, 0) is 9.59 Å². The molecule has 0 spiro atoms. The number of halogens is 2. The zero-order chi connectivity index (χ0) is 20.5. The summed E-state index contributed by atoms with van der Waals surface area (Å²) in [5, 5.41) is 1.03. The Balaban J connectivity index is 1.58. The summed E-state index contributed by atoms with van der Waals surface area (Å²) < 4.78 is 0. The fourth-order valence-electron chi connectivity index (χ4n) is 3.87. The van der Waals surface area contributed by atoms with Crippen molar-refractivity contribution in [1.29, 1.82) is 0 Å². The zero-order valence-electron chi connectivity index (χ0n) is 16.8. The smallest absolute Gasteiger partial charge is 0.227 e. The lowest BCUT2D eigenvalue weighted by Crippen LogP contribution is -2.54. The molecule has 1 aromatic heterocycles. The van der Waals surface area contributed by atoms with Gasteiger partial charge in [0.2, 0.25) is 11.8 Å².